The Bertz CT molecular complexity index is 854. The van der Waals surface area contributed by atoms with Crippen LogP contribution in [0.2, 0.25) is 5.02 Å². The lowest BCUT2D eigenvalue weighted by Gasteiger charge is -2.10. The van der Waals surface area contributed by atoms with Crippen molar-refractivity contribution in [1.82, 2.24) is 4.72 Å². The highest BCUT2D eigenvalue weighted by atomic mass is 35.5. The molecule has 2 aromatic rings. The molecule has 0 amide bonds. The van der Waals surface area contributed by atoms with Crippen molar-refractivity contribution < 1.29 is 17.2 Å². The molecule has 0 radical (unpaired) electrons. The van der Waals surface area contributed by atoms with Crippen LogP contribution in [0.15, 0.2) is 41.3 Å². The maximum absolute atomic E-state index is 13.5. The molecule has 0 aliphatic heterocycles. The van der Waals surface area contributed by atoms with Gasteiger partial charge in [-0.15, -0.1) is 0 Å². The third kappa shape index (κ3) is 3.42. The molecule has 116 valence electrons. The van der Waals surface area contributed by atoms with Gasteiger partial charge in [-0.1, -0.05) is 23.7 Å². The minimum atomic E-state index is -4.12. The van der Waals surface area contributed by atoms with Crippen LogP contribution < -0.4 is 4.72 Å². The average molecular weight is 345 g/mol. The zero-order chi connectivity index (χ0) is 16.5. The number of nitrogens with one attached hydrogen (secondary N) is 2. The number of hydrogen-bond donors (Lipinski definition) is 2. The Hall–Kier alpha value is -1.99. The average Bonchev–Trinajstić information content (AvgIpc) is 2.44. The van der Waals surface area contributed by atoms with Crippen molar-refractivity contribution in [2.24, 2.45) is 0 Å². The molecule has 2 rings (SSSR count). The number of halogens is 3. The van der Waals surface area contributed by atoms with Gasteiger partial charge in [0, 0.05) is 5.56 Å². The second-order valence-electron chi connectivity index (χ2n) is 4.52. The van der Waals surface area contributed by atoms with Crippen LogP contribution in [-0.4, -0.2) is 14.3 Å². The number of amidine groups is 1. The molecule has 0 atom stereocenters. The van der Waals surface area contributed by atoms with E-state index in [9.17, 15) is 17.2 Å². The van der Waals surface area contributed by atoms with Crippen LogP contribution >= 0.6 is 11.6 Å². The van der Waals surface area contributed by atoms with E-state index < -0.39 is 27.5 Å². The first-order chi connectivity index (χ1) is 10.2. The van der Waals surface area contributed by atoms with Crippen LogP contribution in [0.4, 0.5) is 8.78 Å². The molecule has 2 aromatic carbocycles. The Kier molecular flexibility index (Phi) is 4.48. The zero-order valence-corrected chi connectivity index (χ0v) is 12.9. The molecule has 0 unspecified atom stereocenters. The molecule has 0 aromatic heterocycles. The first kappa shape index (κ1) is 16.4. The van der Waals surface area contributed by atoms with E-state index in [4.69, 9.17) is 17.0 Å². The molecule has 0 saturated heterocycles. The molecule has 4 nitrogen and oxygen atoms in total. The number of benzene rings is 2. The second kappa shape index (κ2) is 6.02. The highest BCUT2D eigenvalue weighted by molar-refractivity contribution is 7.90. The van der Waals surface area contributed by atoms with Gasteiger partial charge >= 0.3 is 0 Å². The van der Waals surface area contributed by atoms with E-state index >= 15 is 0 Å². The molecule has 0 aliphatic carbocycles. The van der Waals surface area contributed by atoms with Crippen molar-refractivity contribution in [2.75, 3.05) is 0 Å². The third-order valence-electron chi connectivity index (χ3n) is 2.90. The van der Waals surface area contributed by atoms with Crippen LogP contribution in [0.5, 0.6) is 0 Å². The topological polar surface area (TPSA) is 70.0 Å². The fourth-order valence-electron chi connectivity index (χ4n) is 1.64. The predicted molar refractivity (Wildman–Crippen MR) is 79.7 cm³/mol. The number of rotatable bonds is 3. The largest absolute Gasteiger partial charge is 0.283 e. The van der Waals surface area contributed by atoms with Gasteiger partial charge in [0.25, 0.3) is 10.0 Å². The molecule has 8 heteroatoms. The van der Waals surface area contributed by atoms with Gasteiger partial charge in [-0.05, 0) is 36.8 Å². The summed E-state index contributed by atoms with van der Waals surface area (Å²) in [6, 6.07) is 6.77. The lowest BCUT2D eigenvalue weighted by atomic mass is 10.1. The Labute approximate surface area is 131 Å². The summed E-state index contributed by atoms with van der Waals surface area (Å²) in [7, 11) is -4.12. The number of aryl methyl sites for hydroxylation is 1. The van der Waals surface area contributed by atoms with Gasteiger partial charge in [0.1, 0.15) is 17.5 Å². The molecular weight excluding hydrogens is 334 g/mol. The predicted octanol–water partition coefficient (Wildman–Crippen LogP) is 3.23. The van der Waals surface area contributed by atoms with Crippen LogP contribution in [0.3, 0.4) is 0 Å². The van der Waals surface area contributed by atoms with Crippen LogP contribution in [0.25, 0.3) is 0 Å². The van der Waals surface area contributed by atoms with E-state index in [1.807, 2.05) is 4.72 Å². The molecule has 0 spiro atoms. The maximum Gasteiger partial charge on any atom is 0.263 e. The van der Waals surface area contributed by atoms with E-state index in [2.05, 4.69) is 0 Å². The standard InChI is InChI=1S/C14H11ClF2N2O2S/c1-8-2-3-9(6-13(8)17)14(18)19-22(20,21)10-4-5-12(16)11(15)7-10/h2-7H,1H3,(H2,18,19). The lowest BCUT2D eigenvalue weighted by molar-refractivity contribution is 0.591. The second-order valence-corrected chi connectivity index (χ2v) is 6.61. The summed E-state index contributed by atoms with van der Waals surface area (Å²) in [6.07, 6.45) is 0. The van der Waals surface area contributed by atoms with Crippen molar-refractivity contribution in [3.05, 3.63) is 64.2 Å². The maximum atomic E-state index is 13.5. The summed E-state index contributed by atoms with van der Waals surface area (Å²) in [5.74, 6) is -1.80. The molecule has 0 bridgehead atoms. The number of hydrogen-bond acceptors (Lipinski definition) is 3. The normalized spacial score (nSPS) is 11.3. The molecule has 2 N–H and O–H groups in total. The first-order valence-electron chi connectivity index (χ1n) is 6.03. The fourth-order valence-corrected chi connectivity index (χ4v) is 2.91. The van der Waals surface area contributed by atoms with Crippen LogP contribution in [0, 0.1) is 24.0 Å². The minimum Gasteiger partial charge on any atom is -0.283 e. The monoisotopic (exact) mass is 344 g/mol. The van der Waals surface area contributed by atoms with Crippen molar-refractivity contribution in [2.45, 2.75) is 11.8 Å². The van der Waals surface area contributed by atoms with Gasteiger partial charge in [0.05, 0.1) is 9.92 Å². The minimum absolute atomic E-state index is 0.0693. The Morgan fingerprint density at radius 3 is 2.41 bits per heavy atom. The highest BCUT2D eigenvalue weighted by Gasteiger charge is 2.18. The summed E-state index contributed by atoms with van der Waals surface area (Å²) in [4.78, 5) is -0.295. The van der Waals surface area contributed by atoms with E-state index in [0.29, 0.717) is 5.56 Å². The van der Waals surface area contributed by atoms with E-state index in [0.717, 1.165) is 24.3 Å². The van der Waals surface area contributed by atoms with Crippen LogP contribution in [0.1, 0.15) is 11.1 Å². The van der Waals surface area contributed by atoms with E-state index in [1.165, 1.54) is 12.1 Å². The summed E-state index contributed by atoms with van der Waals surface area (Å²) in [6.45, 7) is 1.55. The fraction of sp³-hybridized carbons (Fsp3) is 0.0714. The summed E-state index contributed by atoms with van der Waals surface area (Å²) < 4.78 is 52.7. The van der Waals surface area contributed by atoms with Crippen molar-refractivity contribution in [3.63, 3.8) is 0 Å². The lowest BCUT2D eigenvalue weighted by Crippen LogP contribution is -2.30. The van der Waals surface area contributed by atoms with Gasteiger partial charge in [0.15, 0.2) is 0 Å². The number of sulfonamides is 1. The molecule has 22 heavy (non-hydrogen) atoms. The molecule has 0 saturated carbocycles. The Morgan fingerprint density at radius 2 is 1.82 bits per heavy atom. The van der Waals surface area contributed by atoms with Crippen molar-refractivity contribution in [3.8, 4) is 0 Å². The van der Waals surface area contributed by atoms with E-state index in [-0.39, 0.29) is 15.5 Å². The summed E-state index contributed by atoms with van der Waals surface area (Å²) >= 11 is 5.54. The van der Waals surface area contributed by atoms with Gasteiger partial charge in [-0.3, -0.25) is 10.1 Å². The zero-order valence-electron chi connectivity index (χ0n) is 11.3. The van der Waals surface area contributed by atoms with Crippen molar-refractivity contribution in [1.29, 1.82) is 5.41 Å². The highest BCUT2D eigenvalue weighted by Crippen LogP contribution is 2.19. The Balaban J connectivity index is 2.29. The summed E-state index contributed by atoms with van der Waals surface area (Å²) in [5.41, 5.74) is 0.449. The smallest absolute Gasteiger partial charge is 0.263 e. The molecular formula is C14H11ClF2N2O2S. The van der Waals surface area contributed by atoms with E-state index in [1.54, 1.807) is 6.92 Å². The molecule has 0 heterocycles. The SMILES string of the molecule is Cc1ccc(C(=N)NS(=O)(=O)c2ccc(F)c(Cl)c2)cc1F. The van der Waals surface area contributed by atoms with Crippen LogP contribution in [-0.2, 0) is 10.0 Å². The van der Waals surface area contributed by atoms with Gasteiger partial charge < -0.3 is 0 Å². The molecule has 0 fully saturated rings. The Morgan fingerprint density at radius 1 is 1.14 bits per heavy atom. The molecule has 0 aliphatic rings. The van der Waals surface area contributed by atoms with Gasteiger partial charge in [-0.2, -0.15) is 0 Å². The van der Waals surface area contributed by atoms with Gasteiger partial charge in [-0.25, -0.2) is 17.2 Å². The van der Waals surface area contributed by atoms with Gasteiger partial charge in [0.2, 0.25) is 0 Å². The third-order valence-corrected chi connectivity index (χ3v) is 4.54. The first-order valence-corrected chi connectivity index (χ1v) is 7.90. The van der Waals surface area contributed by atoms with Crippen molar-refractivity contribution >= 4 is 27.5 Å². The summed E-state index contributed by atoms with van der Waals surface area (Å²) in [5, 5.41) is 7.38. The quantitative estimate of drug-likeness (QED) is 0.663.